The van der Waals surface area contributed by atoms with Gasteiger partial charge in [-0.15, -0.1) is 13.2 Å². The first kappa shape index (κ1) is 34.7. The number of amides is 3. The monoisotopic (exact) mass is 663 g/mol. The zero-order valence-electron chi connectivity index (χ0n) is 27.7. The predicted octanol–water partition coefficient (Wildman–Crippen LogP) is 5.65. The van der Waals surface area contributed by atoms with Gasteiger partial charge in [0.25, 0.3) is 5.91 Å². The van der Waals surface area contributed by atoms with Gasteiger partial charge >= 0.3 is 0 Å². The predicted molar refractivity (Wildman–Crippen MR) is 184 cm³/mol. The second kappa shape index (κ2) is 13.8. The van der Waals surface area contributed by atoms with Gasteiger partial charge in [0.2, 0.25) is 11.8 Å². The summed E-state index contributed by atoms with van der Waals surface area (Å²) >= 11 is 6.61. The number of likely N-dealkylation sites (tertiary alicyclic amines) is 1. The van der Waals surface area contributed by atoms with Gasteiger partial charge in [-0.2, -0.15) is 0 Å². The van der Waals surface area contributed by atoms with Crippen LogP contribution in [0.2, 0.25) is 5.02 Å². The minimum Gasteiger partial charge on any atom is -0.494 e. The number of para-hydroxylation sites is 1. The number of carbonyl (C=O) groups is 3. The first-order chi connectivity index (χ1) is 22.5. The first-order valence-corrected chi connectivity index (χ1v) is 16.9. The molecule has 10 heteroatoms. The fraction of sp³-hybridized carbons (Fsp3) is 0.486. The molecule has 252 valence electrons. The molecule has 9 nitrogen and oxygen atoms in total. The molecule has 3 amide bonds. The van der Waals surface area contributed by atoms with Gasteiger partial charge < -0.3 is 29.3 Å². The van der Waals surface area contributed by atoms with E-state index in [2.05, 4.69) is 13.2 Å². The number of carbonyl (C=O) groups excluding carboxylic acids is 3. The number of nitrogens with zero attached hydrogens (tertiary/aromatic N) is 3. The largest absolute Gasteiger partial charge is 0.494 e. The van der Waals surface area contributed by atoms with Crippen LogP contribution in [-0.2, 0) is 19.1 Å². The molecule has 7 atom stereocenters. The van der Waals surface area contributed by atoms with Crippen molar-refractivity contribution in [3.63, 3.8) is 0 Å². The molecule has 3 fully saturated rings. The number of hydrogen-bond donors (Lipinski definition) is 1. The number of halogens is 1. The Balaban J connectivity index is 1.63. The van der Waals surface area contributed by atoms with Crippen molar-refractivity contribution in [2.45, 2.75) is 70.2 Å². The average molecular weight is 664 g/mol. The topological polar surface area (TPSA) is 99.6 Å². The zero-order valence-corrected chi connectivity index (χ0v) is 28.5. The van der Waals surface area contributed by atoms with Crippen LogP contribution in [0.5, 0.6) is 5.75 Å². The van der Waals surface area contributed by atoms with E-state index in [-0.39, 0.29) is 43.3 Å². The third-order valence-electron chi connectivity index (χ3n) is 10.3. The van der Waals surface area contributed by atoms with E-state index in [1.807, 2.05) is 39.8 Å². The first-order valence-electron chi connectivity index (χ1n) is 16.5. The molecule has 2 aromatic rings. The zero-order chi connectivity index (χ0) is 34.1. The Kier molecular flexibility index (Phi) is 10.2. The Labute approximate surface area is 282 Å². The molecule has 0 aliphatic carbocycles. The number of rotatable bonds is 14. The number of anilines is 2. The van der Waals surface area contributed by atoms with Crippen molar-refractivity contribution in [3.8, 4) is 5.75 Å². The van der Waals surface area contributed by atoms with Gasteiger partial charge in [0, 0.05) is 18.8 Å². The van der Waals surface area contributed by atoms with E-state index in [0.717, 1.165) is 0 Å². The van der Waals surface area contributed by atoms with E-state index in [1.54, 1.807) is 53.5 Å². The maximum atomic E-state index is 15.0. The van der Waals surface area contributed by atoms with Gasteiger partial charge in [0.1, 0.15) is 17.4 Å². The summed E-state index contributed by atoms with van der Waals surface area (Å²) in [5.41, 5.74) is -1.17. The lowest BCUT2D eigenvalue weighted by atomic mass is 9.66. The van der Waals surface area contributed by atoms with Crippen LogP contribution in [0.1, 0.15) is 47.0 Å². The van der Waals surface area contributed by atoms with Gasteiger partial charge in [-0.25, -0.2) is 0 Å². The summed E-state index contributed by atoms with van der Waals surface area (Å²) < 4.78 is 12.5. The van der Waals surface area contributed by atoms with E-state index in [4.69, 9.17) is 21.1 Å². The van der Waals surface area contributed by atoms with Gasteiger partial charge in [-0.3, -0.25) is 14.4 Å². The lowest BCUT2D eigenvalue weighted by Crippen LogP contribution is -2.60. The molecule has 3 aliphatic rings. The summed E-state index contributed by atoms with van der Waals surface area (Å²) in [6.45, 7) is 16.0. The van der Waals surface area contributed by atoms with Crippen LogP contribution in [0.4, 0.5) is 11.4 Å². The summed E-state index contributed by atoms with van der Waals surface area (Å²) in [6.07, 6.45) is 4.82. The van der Waals surface area contributed by atoms with E-state index < -0.39 is 35.1 Å². The maximum Gasteiger partial charge on any atom is 0.253 e. The standard InChI is InChI=1S/C37H46ClN3O6/c1-7-21-39(25-15-17-26(18-16-25)46-10-4)33(43)30-31-34(44)41(29(23-42)24(5)9-3)32(37(31)20-19-36(30,6)47-37)35(45)40(22-8-2)28-14-12-11-13-27(28)38/h7-8,11-18,24,29-32,42H,1-2,9-10,19-23H2,3-6H3/t24-,29-,30-,31-,32?,36+,37?/m0/s1. The molecule has 3 aliphatic heterocycles. The van der Waals surface area contributed by atoms with Crippen molar-refractivity contribution in [3.05, 3.63) is 78.9 Å². The molecule has 0 saturated carbocycles. The molecule has 2 aromatic carbocycles. The molecule has 47 heavy (non-hydrogen) atoms. The Hall–Kier alpha value is -3.66. The summed E-state index contributed by atoms with van der Waals surface area (Å²) in [5.74, 6) is -2.28. The fourth-order valence-electron chi connectivity index (χ4n) is 7.95. The van der Waals surface area contributed by atoms with E-state index >= 15 is 0 Å². The van der Waals surface area contributed by atoms with E-state index in [9.17, 15) is 19.5 Å². The smallest absolute Gasteiger partial charge is 0.253 e. The molecule has 5 rings (SSSR count). The van der Waals surface area contributed by atoms with Crippen LogP contribution < -0.4 is 14.5 Å². The number of fused-ring (bicyclic) bond motifs is 1. The third-order valence-corrected chi connectivity index (χ3v) is 10.6. The van der Waals surface area contributed by atoms with Crippen molar-refractivity contribution in [2.24, 2.45) is 17.8 Å². The molecule has 2 bridgehead atoms. The Morgan fingerprint density at radius 1 is 1.09 bits per heavy atom. The van der Waals surface area contributed by atoms with Crippen molar-refractivity contribution >= 4 is 40.7 Å². The van der Waals surface area contributed by atoms with Gasteiger partial charge in [0.15, 0.2) is 0 Å². The number of benzene rings is 2. The van der Waals surface area contributed by atoms with Crippen LogP contribution in [0.25, 0.3) is 0 Å². The molecule has 0 radical (unpaired) electrons. The number of aliphatic hydroxyl groups is 1. The number of aliphatic hydroxyl groups excluding tert-OH is 1. The second-order valence-electron chi connectivity index (χ2n) is 13.0. The van der Waals surface area contributed by atoms with Crippen molar-refractivity contribution in [2.75, 3.05) is 36.1 Å². The maximum absolute atomic E-state index is 15.0. The third kappa shape index (κ3) is 5.76. The Morgan fingerprint density at radius 3 is 2.34 bits per heavy atom. The van der Waals surface area contributed by atoms with E-state index in [0.29, 0.717) is 48.0 Å². The highest BCUT2D eigenvalue weighted by Crippen LogP contribution is 2.64. The van der Waals surface area contributed by atoms with Gasteiger partial charge in [-0.05, 0) is 69.0 Å². The highest BCUT2D eigenvalue weighted by Gasteiger charge is 2.79. The summed E-state index contributed by atoms with van der Waals surface area (Å²) in [5, 5.41) is 11.1. The van der Waals surface area contributed by atoms with Crippen molar-refractivity contribution < 1.29 is 29.0 Å². The molecule has 1 N–H and O–H groups in total. The van der Waals surface area contributed by atoms with Crippen molar-refractivity contribution in [1.29, 1.82) is 0 Å². The Bertz CT molecular complexity index is 1520. The van der Waals surface area contributed by atoms with E-state index in [1.165, 1.54) is 9.80 Å². The molecule has 3 heterocycles. The SMILES string of the molecule is C=CCN(C(=O)[C@@H]1[C@H]2C(=O)N([C@@H](CO)[C@@H](C)CC)C(C(=O)N(CC=C)c3ccccc3Cl)C23CC[C@@]1(C)O3)c1ccc(OCC)cc1. The van der Waals surface area contributed by atoms with Crippen molar-refractivity contribution in [1.82, 2.24) is 4.90 Å². The second-order valence-corrected chi connectivity index (χ2v) is 13.4. The van der Waals surface area contributed by atoms with Crippen LogP contribution in [-0.4, -0.2) is 77.3 Å². The molecule has 1 spiro atoms. The minimum absolute atomic E-state index is 0.134. The summed E-state index contributed by atoms with van der Waals surface area (Å²) in [6, 6.07) is 12.5. The normalized spacial score (nSPS) is 27.2. The molecular formula is C37H46ClN3O6. The van der Waals surface area contributed by atoms with Crippen LogP contribution >= 0.6 is 11.6 Å². The quantitative estimate of drug-likeness (QED) is 0.263. The lowest BCUT2D eigenvalue weighted by Gasteiger charge is -2.41. The summed E-state index contributed by atoms with van der Waals surface area (Å²) in [7, 11) is 0. The lowest BCUT2D eigenvalue weighted by molar-refractivity contribution is -0.149. The Morgan fingerprint density at radius 2 is 1.74 bits per heavy atom. The van der Waals surface area contributed by atoms with Crippen LogP contribution in [0.15, 0.2) is 73.8 Å². The number of hydrogen-bond acceptors (Lipinski definition) is 6. The highest BCUT2D eigenvalue weighted by molar-refractivity contribution is 6.34. The van der Waals surface area contributed by atoms with Crippen LogP contribution in [0.3, 0.4) is 0 Å². The van der Waals surface area contributed by atoms with Crippen LogP contribution in [0, 0.1) is 17.8 Å². The van der Waals surface area contributed by atoms with Gasteiger partial charge in [0.05, 0.1) is 47.4 Å². The molecule has 3 saturated heterocycles. The average Bonchev–Trinajstić information content (AvgIpc) is 3.64. The fourth-order valence-corrected chi connectivity index (χ4v) is 8.19. The molecular weight excluding hydrogens is 618 g/mol. The molecule has 2 unspecified atom stereocenters. The molecule has 0 aromatic heterocycles. The number of ether oxygens (including phenoxy) is 2. The highest BCUT2D eigenvalue weighted by atomic mass is 35.5. The minimum atomic E-state index is -1.29. The summed E-state index contributed by atoms with van der Waals surface area (Å²) in [4.78, 5) is 49.3. The van der Waals surface area contributed by atoms with Gasteiger partial charge in [-0.1, -0.05) is 56.2 Å².